The van der Waals surface area contributed by atoms with Crippen LogP contribution in [0.5, 0.6) is 0 Å². The summed E-state index contributed by atoms with van der Waals surface area (Å²) in [7, 11) is 0. The lowest BCUT2D eigenvalue weighted by atomic mass is 9.86. The topological polar surface area (TPSA) is 86.7 Å². The second-order valence-electron chi connectivity index (χ2n) is 5.76. The fourth-order valence-corrected chi connectivity index (χ4v) is 3.16. The number of carbonyl (C=O) groups is 4. The van der Waals surface area contributed by atoms with Gasteiger partial charge in [-0.1, -0.05) is 24.3 Å². The fourth-order valence-electron chi connectivity index (χ4n) is 3.16. The zero-order chi connectivity index (χ0) is 15.7. The summed E-state index contributed by atoms with van der Waals surface area (Å²) in [6, 6.07) is 0. The standard InChI is InChI=1S/2C8H8O3/c2*9-7-5-3-1-2-4-6(5)8(10)11-7/h2*1,3,5-6H,2,4H2. The number of hydrogen-bond donors (Lipinski definition) is 0. The van der Waals surface area contributed by atoms with Crippen molar-refractivity contribution in [2.24, 2.45) is 23.7 Å². The maximum atomic E-state index is 10.9. The monoisotopic (exact) mass is 304 g/mol. The predicted octanol–water partition coefficient (Wildman–Crippen LogP) is 1.30. The Bertz CT molecular complexity index is 535. The van der Waals surface area contributed by atoms with Crippen molar-refractivity contribution >= 4 is 23.9 Å². The van der Waals surface area contributed by atoms with E-state index in [0.29, 0.717) is 0 Å². The molecule has 0 aromatic rings. The van der Waals surface area contributed by atoms with Gasteiger partial charge >= 0.3 is 23.9 Å². The highest BCUT2D eigenvalue weighted by Gasteiger charge is 2.44. The Morgan fingerprint density at radius 1 is 0.682 bits per heavy atom. The quantitative estimate of drug-likeness (QED) is 0.381. The molecule has 0 aromatic carbocycles. The first-order chi connectivity index (χ1) is 10.6. The van der Waals surface area contributed by atoms with Crippen LogP contribution in [0.3, 0.4) is 0 Å². The summed E-state index contributed by atoms with van der Waals surface area (Å²) in [5, 5.41) is 0. The van der Waals surface area contributed by atoms with Crippen LogP contribution in [0.1, 0.15) is 25.7 Å². The van der Waals surface area contributed by atoms with Gasteiger partial charge in [0.25, 0.3) is 0 Å². The zero-order valence-corrected chi connectivity index (χ0v) is 11.9. The van der Waals surface area contributed by atoms with Crippen LogP contribution in [0.4, 0.5) is 0 Å². The smallest absolute Gasteiger partial charge is 0.321 e. The molecule has 4 atom stereocenters. The number of ether oxygens (including phenoxy) is 2. The summed E-state index contributed by atoms with van der Waals surface area (Å²) in [5.74, 6) is -2.38. The third kappa shape index (κ3) is 2.61. The molecule has 116 valence electrons. The van der Waals surface area contributed by atoms with Crippen LogP contribution < -0.4 is 0 Å². The van der Waals surface area contributed by atoms with E-state index in [0.717, 1.165) is 25.7 Å². The van der Waals surface area contributed by atoms with E-state index in [2.05, 4.69) is 9.47 Å². The molecule has 0 amide bonds. The summed E-state index contributed by atoms with van der Waals surface area (Å²) >= 11 is 0. The van der Waals surface area contributed by atoms with Crippen LogP contribution in [0, 0.1) is 23.7 Å². The summed E-state index contributed by atoms with van der Waals surface area (Å²) in [4.78, 5) is 43.7. The predicted molar refractivity (Wildman–Crippen MR) is 72.9 cm³/mol. The van der Waals surface area contributed by atoms with Gasteiger partial charge in [-0.3, -0.25) is 19.2 Å². The summed E-state index contributed by atoms with van der Waals surface area (Å²) in [6.45, 7) is 0. The van der Waals surface area contributed by atoms with E-state index in [-0.39, 0.29) is 47.5 Å². The molecule has 4 aliphatic rings. The van der Waals surface area contributed by atoms with Crippen LogP contribution in [0.25, 0.3) is 0 Å². The van der Waals surface area contributed by atoms with Crippen molar-refractivity contribution in [3.63, 3.8) is 0 Å². The number of hydrogen-bond acceptors (Lipinski definition) is 6. The molecule has 22 heavy (non-hydrogen) atoms. The molecule has 0 bridgehead atoms. The van der Waals surface area contributed by atoms with E-state index in [9.17, 15) is 19.2 Å². The van der Waals surface area contributed by atoms with E-state index in [1.54, 1.807) is 12.2 Å². The van der Waals surface area contributed by atoms with Gasteiger partial charge in [-0.15, -0.1) is 0 Å². The Labute approximate surface area is 127 Å². The van der Waals surface area contributed by atoms with Gasteiger partial charge in [0.15, 0.2) is 0 Å². The first-order valence-electron chi connectivity index (χ1n) is 7.42. The molecule has 6 nitrogen and oxygen atoms in total. The van der Waals surface area contributed by atoms with Crippen molar-refractivity contribution in [3.8, 4) is 0 Å². The lowest BCUT2D eigenvalue weighted by Gasteiger charge is -2.12. The lowest BCUT2D eigenvalue weighted by molar-refractivity contribution is -0.155. The van der Waals surface area contributed by atoms with Crippen molar-refractivity contribution in [2.45, 2.75) is 25.7 Å². The van der Waals surface area contributed by atoms with Crippen LogP contribution in [-0.2, 0) is 28.7 Å². The van der Waals surface area contributed by atoms with E-state index in [4.69, 9.17) is 0 Å². The third-order valence-corrected chi connectivity index (χ3v) is 4.39. The van der Waals surface area contributed by atoms with Crippen molar-refractivity contribution < 1.29 is 28.7 Å². The molecule has 2 aliphatic carbocycles. The highest BCUT2D eigenvalue weighted by atomic mass is 16.6. The van der Waals surface area contributed by atoms with Gasteiger partial charge in [0.2, 0.25) is 0 Å². The Balaban J connectivity index is 0.000000131. The van der Waals surface area contributed by atoms with E-state index in [1.165, 1.54) is 0 Å². The molecule has 2 fully saturated rings. The fraction of sp³-hybridized carbons (Fsp3) is 0.500. The summed E-state index contributed by atoms with van der Waals surface area (Å²) < 4.78 is 8.96. The number of allylic oxidation sites excluding steroid dienone is 2. The molecule has 0 N–H and O–H groups in total. The average Bonchev–Trinajstić information content (AvgIpc) is 2.99. The van der Waals surface area contributed by atoms with Gasteiger partial charge in [-0.25, -0.2) is 0 Å². The van der Waals surface area contributed by atoms with Crippen molar-refractivity contribution in [1.29, 1.82) is 0 Å². The van der Waals surface area contributed by atoms with Crippen molar-refractivity contribution in [1.82, 2.24) is 0 Å². The molecular weight excluding hydrogens is 288 g/mol. The zero-order valence-electron chi connectivity index (χ0n) is 11.9. The van der Waals surface area contributed by atoms with E-state index in [1.807, 2.05) is 12.2 Å². The second kappa shape index (κ2) is 5.87. The summed E-state index contributed by atoms with van der Waals surface area (Å²) in [6.07, 6.45) is 10.7. The molecule has 4 rings (SSSR count). The molecule has 0 spiro atoms. The first kappa shape index (κ1) is 14.7. The molecule has 2 saturated heterocycles. The lowest BCUT2D eigenvalue weighted by Crippen LogP contribution is -2.17. The third-order valence-electron chi connectivity index (χ3n) is 4.39. The normalized spacial score (nSPS) is 35.3. The number of fused-ring (bicyclic) bond motifs is 2. The van der Waals surface area contributed by atoms with Crippen molar-refractivity contribution in [2.75, 3.05) is 0 Å². The Morgan fingerprint density at radius 2 is 1.09 bits per heavy atom. The van der Waals surface area contributed by atoms with Crippen LogP contribution in [0.2, 0.25) is 0 Å². The molecular formula is C16H16O6. The first-order valence-corrected chi connectivity index (χ1v) is 7.42. The minimum absolute atomic E-state index is 0.188. The van der Waals surface area contributed by atoms with Gasteiger partial charge in [-0.05, 0) is 25.7 Å². The van der Waals surface area contributed by atoms with Gasteiger partial charge in [0.1, 0.15) is 0 Å². The molecule has 2 heterocycles. The van der Waals surface area contributed by atoms with Crippen LogP contribution in [-0.4, -0.2) is 23.9 Å². The number of carbonyl (C=O) groups excluding carboxylic acids is 4. The number of cyclic esters (lactones) is 4. The minimum Gasteiger partial charge on any atom is -0.392 e. The Hall–Kier alpha value is -2.24. The molecule has 6 heteroatoms. The molecule has 4 unspecified atom stereocenters. The van der Waals surface area contributed by atoms with E-state index < -0.39 is 0 Å². The van der Waals surface area contributed by atoms with Gasteiger partial charge in [0, 0.05) is 0 Å². The van der Waals surface area contributed by atoms with E-state index >= 15 is 0 Å². The highest BCUT2D eigenvalue weighted by molar-refractivity contribution is 5.98. The largest absolute Gasteiger partial charge is 0.392 e. The number of rotatable bonds is 0. The number of esters is 4. The molecule has 0 aromatic heterocycles. The second-order valence-corrected chi connectivity index (χ2v) is 5.76. The van der Waals surface area contributed by atoms with Crippen LogP contribution in [0.15, 0.2) is 24.3 Å². The van der Waals surface area contributed by atoms with Gasteiger partial charge < -0.3 is 9.47 Å². The van der Waals surface area contributed by atoms with Gasteiger partial charge in [0.05, 0.1) is 23.7 Å². The maximum absolute atomic E-state index is 10.9. The Kier molecular flexibility index (Phi) is 3.92. The van der Waals surface area contributed by atoms with Crippen LogP contribution >= 0.6 is 0 Å². The Morgan fingerprint density at radius 3 is 1.45 bits per heavy atom. The van der Waals surface area contributed by atoms with Crippen molar-refractivity contribution in [3.05, 3.63) is 24.3 Å². The SMILES string of the molecule is O=C1OC(=O)C2CCC=CC12.O=C1OC(=O)C2CCC=CC12. The maximum Gasteiger partial charge on any atom is 0.321 e. The molecule has 0 saturated carbocycles. The molecule has 2 aliphatic heterocycles. The van der Waals surface area contributed by atoms with Gasteiger partial charge in [-0.2, -0.15) is 0 Å². The average molecular weight is 304 g/mol. The highest BCUT2D eigenvalue weighted by Crippen LogP contribution is 2.32. The molecule has 0 radical (unpaired) electrons. The summed E-state index contributed by atoms with van der Waals surface area (Å²) in [5.41, 5.74) is 0. The minimum atomic E-state index is -0.379.